The third-order valence-electron chi connectivity index (χ3n) is 3.53. The second-order valence-electron chi connectivity index (χ2n) is 6.22. The summed E-state index contributed by atoms with van der Waals surface area (Å²) in [5, 5.41) is 9.75. The van der Waals surface area contributed by atoms with Crippen LogP contribution in [0.2, 0.25) is 0 Å². The molecular formula is C19H24O2. The summed E-state index contributed by atoms with van der Waals surface area (Å²) in [6.07, 6.45) is 0.617. The van der Waals surface area contributed by atoms with Gasteiger partial charge in [-0.1, -0.05) is 30.3 Å². The van der Waals surface area contributed by atoms with Crippen molar-refractivity contribution in [2.75, 3.05) is 6.61 Å². The maximum Gasteiger partial charge on any atom is 0.125 e. The molecule has 0 aromatic heterocycles. The van der Waals surface area contributed by atoms with Crippen LogP contribution in [0.25, 0.3) is 11.1 Å². The van der Waals surface area contributed by atoms with Gasteiger partial charge in [-0.25, -0.2) is 0 Å². The normalized spacial score (nSPS) is 11.5. The van der Waals surface area contributed by atoms with Gasteiger partial charge in [0, 0.05) is 6.42 Å². The number of hydrogen-bond donors (Lipinski definition) is 1. The zero-order chi connectivity index (χ0) is 15.5. The van der Waals surface area contributed by atoms with Crippen LogP contribution in [0.4, 0.5) is 0 Å². The van der Waals surface area contributed by atoms with Crippen molar-refractivity contribution < 1.29 is 9.84 Å². The lowest BCUT2D eigenvalue weighted by Crippen LogP contribution is -2.22. The van der Waals surface area contributed by atoms with Crippen molar-refractivity contribution in [1.82, 2.24) is 0 Å². The molecule has 0 fully saturated rings. The van der Waals surface area contributed by atoms with Crippen molar-refractivity contribution in [2.45, 2.75) is 39.7 Å². The van der Waals surface area contributed by atoms with Crippen LogP contribution in [-0.2, 0) is 0 Å². The van der Waals surface area contributed by atoms with E-state index in [0.717, 1.165) is 16.9 Å². The van der Waals surface area contributed by atoms with E-state index in [-0.39, 0.29) is 0 Å². The molecule has 2 rings (SSSR count). The molecule has 0 radical (unpaired) electrons. The second kappa shape index (κ2) is 6.31. The number of aryl methyl sites for hydroxylation is 2. The van der Waals surface area contributed by atoms with Crippen LogP contribution in [0, 0.1) is 13.8 Å². The van der Waals surface area contributed by atoms with Crippen LogP contribution >= 0.6 is 0 Å². The molecule has 2 heteroatoms. The van der Waals surface area contributed by atoms with Gasteiger partial charge in [0.05, 0.1) is 12.2 Å². The molecule has 2 aromatic rings. The Hall–Kier alpha value is -1.80. The lowest BCUT2D eigenvalue weighted by atomic mass is 10.00. The molecule has 112 valence electrons. The molecule has 0 amide bonds. The SMILES string of the molecule is Cc1cc(-c2ccccc2)cc(C)c1OCCC(C)(C)O. The summed E-state index contributed by atoms with van der Waals surface area (Å²) in [4.78, 5) is 0. The lowest BCUT2D eigenvalue weighted by Gasteiger charge is -2.19. The number of benzene rings is 2. The van der Waals surface area contributed by atoms with E-state index in [1.54, 1.807) is 13.8 Å². The highest BCUT2D eigenvalue weighted by atomic mass is 16.5. The summed E-state index contributed by atoms with van der Waals surface area (Å²) in [5.74, 6) is 0.930. The monoisotopic (exact) mass is 284 g/mol. The average molecular weight is 284 g/mol. The summed E-state index contributed by atoms with van der Waals surface area (Å²) in [7, 11) is 0. The highest BCUT2D eigenvalue weighted by Crippen LogP contribution is 2.30. The summed E-state index contributed by atoms with van der Waals surface area (Å²) >= 11 is 0. The maximum absolute atomic E-state index is 9.75. The standard InChI is InChI=1S/C19H24O2/c1-14-12-17(16-8-6-5-7-9-16)13-15(2)18(14)21-11-10-19(3,4)20/h5-9,12-13,20H,10-11H2,1-4H3. The summed E-state index contributed by atoms with van der Waals surface area (Å²) < 4.78 is 5.87. The van der Waals surface area contributed by atoms with Gasteiger partial charge >= 0.3 is 0 Å². The minimum atomic E-state index is -0.689. The zero-order valence-electron chi connectivity index (χ0n) is 13.3. The van der Waals surface area contributed by atoms with Gasteiger partial charge in [-0.2, -0.15) is 0 Å². The van der Waals surface area contributed by atoms with E-state index in [9.17, 15) is 5.11 Å². The van der Waals surface area contributed by atoms with E-state index < -0.39 is 5.60 Å². The summed E-state index contributed by atoms with van der Waals surface area (Å²) in [6, 6.07) is 14.7. The maximum atomic E-state index is 9.75. The first kappa shape index (κ1) is 15.6. The van der Waals surface area contributed by atoms with Crippen LogP contribution in [0.3, 0.4) is 0 Å². The molecule has 2 nitrogen and oxygen atoms in total. The van der Waals surface area contributed by atoms with E-state index in [4.69, 9.17) is 4.74 Å². The molecule has 0 atom stereocenters. The Morgan fingerprint density at radius 3 is 2.05 bits per heavy atom. The molecule has 0 aliphatic rings. The fourth-order valence-electron chi connectivity index (χ4n) is 2.38. The third kappa shape index (κ3) is 4.33. The van der Waals surface area contributed by atoms with Crippen molar-refractivity contribution in [3.05, 3.63) is 53.6 Å². The fourth-order valence-corrected chi connectivity index (χ4v) is 2.38. The van der Waals surface area contributed by atoms with Crippen LogP contribution in [0.5, 0.6) is 5.75 Å². The first-order chi connectivity index (χ1) is 9.87. The second-order valence-corrected chi connectivity index (χ2v) is 6.22. The summed E-state index contributed by atoms with van der Waals surface area (Å²) in [5.41, 5.74) is 3.99. The van der Waals surface area contributed by atoms with Crippen molar-refractivity contribution in [2.24, 2.45) is 0 Å². The largest absolute Gasteiger partial charge is 0.493 e. The molecule has 0 unspecified atom stereocenters. The number of hydrogen-bond acceptors (Lipinski definition) is 2. The molecule has 0 bridgehead atoms. The van der Waals surface area contributed by atoms with E-state index in [0.29, 0.717) is 13.0 Å². The van der Waals surface area contributed by atoms with Crippen LogP contribution in [0.1, 0.15) is 31.4 Å². The highest BCUT2D eigenvalue weighted by molar-refractivity contribution is 5.67. The Bertz CT molecular complexity index is 572. The summed E-state index contributed by atoms with van der Waals surface area (Å²) in [6.45, 7) is 8.26. The number of aliphatic hydroxyl groups is 1. The molecule has 21 heavy (non-hydrogen) atoms. The number of rotatable bonds is 5. The molecule has 0 heterocycles. The fraction of sp³-hybridized carbons (Fsp3) is 0.368. The topological polar surface area (TPSA) is 29.5 Å². The minimum Gasteiger partial charge on any atom is -0.493 e. The number of ether oxygens (including phenoxy) is 1. The Balaban J connectivity index is 2.18. The van der Waals surface area contributed by atoms with Gasteiger partial charge in [0.1, 0.15) is 5.75 Å². The quantitative estimate of drug-likeness (QED) is 0.875. The van der Waals surface area contributed by atoms with Crippen molar-refractivity contribution >= 4 is 0 Å². The molecule has 2 aromatic carbocycles. The molecule has 0 saturated carbocycles. The van der Waals surface area contributed by atoms with Gasteiger partial charge in [-0.05, 0) is 62.1 Å². The average Bonchev–Trinajstić information content (AvgIpc) is 2.41. The molecule has 1 N–H and O–H groups in total. The molecule has 0 aliphatic heterocycles. The molecule has 0 aliphatic carbocycles. The van der Waals surface area contributed by atoms with Crippen molar-refractivity contribution in [3.63, 3.8) is 0 Å². The van der Waals surface area contributed by atoms with Gasteiger partial charge in [-0.15, -0.1) is 0 Å². The Labute approximate surface area is 127 Å². The zero-order valence-corrected chi connectivity index (χ0v) is 13.3. The minimum absolute atomic E-state index is 0.524. The lowest BCUT2D eigenvalue weighted by molar-refractivity contribution is 0.0551. The van der Waals surface area contributed by atoms with Crippen molar-refractivity contribution in [3.8, 4) is 16.9 Å². The Kier molecular flexibility index (Phi) is 4.69. The van der Waals surface area contributed by atoms with Crippen LogP contribution in [0.15, 0.2) is 42.5 Å². The first-order valence-electron chi connectivity index (χ1n) is 7.39. The van der Waals surface area contributed by atoms with E-state index >= 15 is 0 Å². The van der Waals surface area contributed by atoms with Gasteiger partial charge in [-0.3, -0.25) is 0 Å². The van der Waals surface area contributed by atoms with Gasteiger partial charge in [0.2, 0.25) is 0 Å². The highest BCUT2D eigenvalue weighted by Gasteiger charge is 2.14. The molecule has 0 saturated heterocycles. The van der Waals surface area contributed by atoms with Gasteiger partial charge < -0.3 is 9.84 Å². The first-order valence-corrected chi connectivity index (χ1v) is 7.39. The predicted octanol–water partition coefficient (Wildman–Crippen LogP) is 4.51. The van der Waals surface area contributed by atoms with Crippen LogP contribution < -0.4 is 4.74 Å². The van der Waals surface area contributed by atoms with Crippen molar-refractivity contribution in [1.29, 1.82) is 0 Å². The Morgan fingerprint density at radius 1 is 0.952 bits per heavy atom. The predicted molar refractivity (Wildman–Crippen MR) is 87.8 cm³/mol. The molecule has 0 spiro atoms. The van der Waals surface area contributed by atoms with Gasteiger partial charge in [0.15, 0.2) is 0 Å². The Morgan fingerprint density at radius 2 is 1.52 bits per heavy atom. The van der Waals surface area contributed by atoms with Gasteiger partial charge in [0.25, 0.3) is 0 Å². The third-order valence-corrected chi connectivity index (χ3v) is 3.53. The van der Waals surface area contributed by atoms with E-state index in [1.807, 2.05) is 18.2 Å². The van der Waals surface area contributed by atoms with Crippen LogP contribution in [-0.4, -0.2) is 17.3 Å². The molecular weight excluding hydrogens is 260 g/mol. The van der Waals surface area contributed by atoms with E-state index in [1.165, 1.54) is 11.1 Å². The van der Waals surface area contributed by atoms with E-state index in [2.05, 4.69) is 38.1 Å². The smallest absolute Gasteiger partial charge is 0.125 e.